The monoisotopic (exact) mass is 289 g/mol. The molecule has 1 aliphatic rings. The van der Waals surface area contributed by atoms with Crippen molar-refractivity contribution in [2.45, 2.75) is 53.0 Å². The summed E-state index contributed by atoms with van der Waals surface area (Å²) in [6, 6.07) is 4.59. The summed E-state index contributed by atoms with van der Waals surface area (Å²) in [6.45, 7) is 12.1. The van der Waals surface area contributed by atoms with Crippen LogP contribution in [0.4, 0.5) is 0 Å². The molecule has 1 aromatic rings. The molecule has 0 amide bonds. The number of nitrogens with zero attached hydrogens (tertiary/aromatic N) is 2. The molecule has 0 aromatic carbocycles. The average Bonchev–Trinajstić information content (AvgIpc) is 2.67. The highest BCUT2D eigenvalue weighted by molar-refractivity contribution is 5.18. The predicted molar refractivity (Wildman–Crippen MR) is 89.1 cm³/mol. The highest BCUT2D eigenvalue weighted by Crippen LogP contribution is 2.35. The van der Waals surface area contributed by atoms with Gasteiger partial charge in [-0.1, -0.05) is 26.8 Å². The molecular weight excluding hydrogens is 258 g/mol. The quantitative estimate of drug-likeness (QED) is 0.925. The number of aryl methyl sites for hydroxylation is 1. The molecule has 0 aliphatic carbocycles. The van der Waals surface area contributed by atoms with Crippen LogP contribution in [0, 0.1) is 18.3 Å². The first-order valence-electron chi connectivity index (χ1n) is 8.28. The van der Waals surface area contributed by atoms with Gasteiger partial charge in [0.1, 0.15) is 0 Å². The van der Waals surface area contributed by atoms with Crippen LogP contribution < -0.4 is 5.73 Å². The number of hydrogen-bond donors (Lipinski definition) is 1. The molecule has 2 heterocycles. The number of rotatable bonds is 3. The van der Waals surface area contributed by atoms with E-state index in [0.717, 1.165) is 24.7 Å². The maximum Gasteiger partial charge on any atom is 0.0485 e. The van der Waals surface area contributed by atoms with E-state index in [9.17, 15) is 0 Å². The van der Waals surface area contributed by atoms with Crippen LogP contribution in [-0.2, 0) is 0 Å². The molecule has 2 atom stereocenters. The van der Waals surface area contributed by atoms with Crippen molar-refractivity contribution in [1.82, 2.24) is 9.88 Å². The lowest BCUT2D eigenvalue weighted by Crippen LogP contribution is -2.35. The Hall–Kier alpha value is -0.930. The maximum atomic E-state index is 6.08. The smallest absolute Gasteiger partial charge is 0.0485 e. The minimum atomic E-state index is 0.316. The molecule has 2 unspecified atom stereocenters. The number of aromatic nitrogens is 1. The average molecular weight is 289 g/mol. The Balaban J connectivity index is 2.07. The van der Waals surface area contributed by atoms with Gasteiger partial charge in [-0.15, -0.1) is 0 Å². The first-order valence-corrected chi connectivity index (χ1v) is 8.28. The summed E-state index contributed by atoms with van der Waals surface area (Å²) in [5.74, 6) is 0.817. The van der Waals surface area contributed by atoms with Gasteiger partial charge >= 0.3 is 0 Å². The van der Waals surface area contributed by atoms with Gasteiger partial charge in [-0.05, 0) is 62.2 Å². The zero-order valence-electron chi connectivity index (χ0n) is 14.1. The second-order valence-corrected chi connectivity index (χ2v) is 7.51. The molecule has 2 N–H and O–H groups in total. The van der Waals surface area contributed by atoms with E-state index in [2.05, 4.69) is 42.8 Å². The van der Waals surface area contributed by atoms with Gasteiger partial charge in [-0.2, -0.15) is 0 Å². The van der Waals surface area contributed by atoms with Crippen LogP contribution in [-0.4, -0.2) is 29.5 Å². The summed E-state index contributed by atoms with van der Waals surface area (Å²) in [7, 11) is 0. The molecule has 0 bridgehead atoms. The van der Waals surface area contributed by atoms with E-state index >= 15 is 0 Å². The van der Waals surface area contributed by atoms with Gasteiger partial charge < -0.3 is 5.73 Å². The molecule has 1 aromatic heterocycles. The van der Waals surface area contributed by atoms with E-state index in [4.69, 9.17) is 5.73 Å². The molecule has 0 saturated carbocycles. The SMILES string of the molecule is Cc1ccc(C(CN)N2CCCC(C(C)(C)C)CC2)cn1. The lowest BCUT2D eigenvalue weighted by Gasteiger charge is -2.32. The van der Waals surface area contributed by atoms with Gasteiger partial charge in [0.2, 0.25) is 0 Å². The van der Waals surface area contributed by atoms with Crippen LogP contribution in [0.25, 0.3) is 0 Å². The number of nitrogens with two attached hydrogens (primary N) is 1. The highest BCUT2D eigenvalue weighted by atomic mass is 15.2. The number of hydrogen-bond acceptors (Lipinski definition) is 3. The topological polar surface area (TPSA) is 42.1 Å². The summed E-state index contributed by atoms with van der Waals surface area (Å²) in [4.78, 5) is 7.01. The Kier molecular flexibility index (Phi) is 5.39. The summed E-state index contributed by atoms with van der Waals surface area (Å²) < 4.78 is 0. The Morgan fingerprint density at radius 3 is 2.62 bits per heavy atom. The van der Waals surface area contributed by atoms with Gasteiger partial charge in [0.05, 0.1) is 0 Å². The molecule has 0 spiro atoms. The zero-order valence-corrected chi connectivity index (χ0v) is 14.1. The highest BCUT2D eigenvalue weighted by Gasteiger charge is 2.29. The largest absolute Gasteiger partial charge is 0.329 e. The summed E-state index contributed by atoms with van der Waals surface area (Å²) >= 11 is 0. The van der Waals surface area contributed by atoms with Crippen molar-refractivity contribution < 1.29 is 0 Å². The van der Waals surface area contributed by atoms with Crippen molar-refractivity contribution in [2.24, 2.45) is 17.1 Å². The Labute approximate surface area is 129 Å². The summed E-state index contributed by atoms with van der Waals surface area (Å²) in [5.41, 5.74) is 8.82. The second-order valence-electron chi connectivity index (χ2n) is 7.51. The first-order chi connectivity index (χ1) is 9.91. The van der Waals surface area contributed by atoms with E-state index in [1.807, 2.05) is 13.1 Å². The van der Waals surface area contributed by atoms with Crippen LogP contribution in [0.15, 0.2) is 18.3 Å². The molecule has 2 rings (SSSR count). The third-order valence-corrected chi connectivity index (χ3v) is 4.97. The zero-order chi connectivity index (χ0) is 15.5. The van der Waals surface area contributed by atoms with Gasteiger partial charge in [0.25, 0.3) is 0 Å². The van der Waals surface area contributed by atoms with Crippen molar-refractivity contribution >= 4 is 0 Å². The molecule has 0 radical (unpaired) electrons. The van der Waals surface area contributed by atoms with Crippen LogP contribution in [0.5, 0.6) is 0 Å². The molecule has 1 aliphatic heterocycles. The summed E-state index contributed by atoms with van der Waals surface area (Å²) in [6.07, 6.45) is 5.89. The standard InChI is InChI=1S/C18H31N3/c1-14-7-8-15(13-20-14)17(12-19)21-10-5-6-16(9-11-21)18(2,3)4/h7-8,13,16-17H,5-6,9-12,19H2,1-4H3. The van der Waals surface area contributed by atoms with Crippen molar-refractivity contribution in [3.63, 3.8) is 0 Å². The molecule has 3 nitrogen and oxygen atoms in total. The minimum absolute atomic E-state index is 0.316. The Morgan fingerprint density at radius 1 is 1.29 bits per heavy atom. The first kappa shape index (κ1) is 16.4. The van der Waals surface area contributed by atoms with Crippen LogP contribution in [0.3, 0.4) is 0 Å². The van der Waals surface area contributed by atoms with E-state index in [-0.39, 0.29) is 0 Å². The second kappa shape index (κ2) is 6.89. The van der Waals surface area contributed by atoms with Crippen LogP contribution >= 0.6 is 0 Å². The van der Waals surface area contributed by atoms with Crippen LogP contribution in [0.1, 0.15) is 57.3 Å². The molecule has 118 valence electrons. The molecule has 1 fully saturated rings. The number of likely N-dealkylation sites (tertiary alicyclic amines) is 1. The normalized spacial score (nSPS) is 22.8. The van der Waals surface area contributed by atoms with E-state index in [1.165, 1.54) is 24.8 Å². The molecule has 21 heavy (non-hydrogen) atoms. The van der Waals surface area contributed by atoms with Gasteiger partial charge in [-0.3, -0.25) is 9.88 Å². The third-order valence-electron chi connectivity index (χ3n) is 4.97. The third kappa shape index (κ3) is 4.27. The lowest BCUT2D eigenvalue weighted by atomic mass is 9.77. The maximum absolute atomic E-state index is 6.08. The fourth-order valence-electron chi connectivity index (χ4n) is 3.47. The fraction of sp³-hybridized carbons (Fsp3) is 0.722. The summed E-state index contributed by atoms with van der Waals surface area (Å²) in [5, 5.41) is 0. The minimum Gasteiger partial charge on any atom is -0.329 e. The molecular formula is C18H31N3. The van der Waals surface area contributed by atoms with Crippen molar-refractivity contribution in [1.29, 1.82) is 0 Å². The van der Waals surface area contributed by atoms with Gasteiger partial charge in [-0.25, -0.2) is 0 Å². The molecule has 3 heteroatoms. The van der Waals surface area contributed by atoms with Gasteiger partial charge in [0.15, 0.2) is 0 Å². The van der Waals surface area contributed by atoms with Crippen molar-refractivity contribution in [3.8, 4) is 0 Å². The van der Waals surface area contributed by atoms with Crippen molar-refractivity contribution in [2.75, 3.05) is 19.6 Å². The molecule has 1 saturated heterocycles. The lowest BCUT2D eigenvalue weighted by molar-refractivity contribution is 0.184. The predicted octanol–water partition coefficient (Wildman–Crippen LogP) is 3.54. The van der Waals surface area contributed by atoms with Crippen molar-refractivity contribution in [3.05, 3.63) is 29.6 Å². The van der Waals surface area contributed by atoms with E-state index < -0.39 is 0 Å². The Bertz CT molecular complexity index is 433. The number of pyridine rings is 1. The van der Waals surface area contributed by atoms with E-state index in [0.29, 0.717) is 18.0 Å². The Morgan fingerprint density at radius 2 is 2.05 bits per heavy atom. The van der Waals surface area contributed by atoms with E-state index in [1.54, 1.807) is 0 Å². The van der Waals surface area contributed by atoms with Crippen LogP contribution in [0.2, 0.25) is 0 Å². The van der Waals surface area contributed by atoms with Gasteiger partial charge in [0, 0.05) is 24.5 Å². The fourth-order valence-corrected chi connectivity index (χ4v) is 3.47.